The number of nitrogens with two attached hydrogens (primary N) is 2. The zero-order valence-electron chi connectivity index (χ0n) is 16.7. The van der Waals surface area contributed by atoms with Gasteiger partial charge in [-0.15, -0.1) is 0 Å². The second-order valence-electron chi connectivity index (χ2n) is 8.26. The summed E-state index contributed by atoms with van der Waals surface area (Å²) in [6, 6.07) is 5.70. The van der Waals surface area contributed by atoms with Gasteiger partial charge in [0.25, 0.3) is 5.56 Å². The van der Waals surface area contributed by atoms with E-state index in [2.05, 4.69) is 9.88 Å². The highest BCUT2D eigenvalue weighted by Crippen LogP contribution is 2.46. The maximum Gasteiger partial charge on any atom is 0.270 e. The van der Waals surface area contributed by atoms with Gasteiger partial charge in [0.15, 0.2) is 0 Å². The van der Waals surface area contributed by atoms with Gasteiger partial charge in [-0.3, -0.25) is 9.36 Å². The van der Waals surface area contributed by atoms with Crippen LogP contribution in [0.2, 0.25) is 0 Å². The minimum Gasteiger partial charge on any atom is -0.398 e. The number of hydrogen-bond acceptors (Lipinski definition) is 6. The van der Waals surface area contributed by atoms with Crippen LogP contribution in [0.1, 0.15) is 44.1 Å². The van der Waals surface area contributed by atoms with Gasteiger partial charge in [-0.1, -0.05) is 30.7 Å². The third kappa shape index (κ3) is 3.36. The van der Waals surface area contributed by atoms with Crippen LogP contribution in [-0.4, -0.2) is 22.6 Å². The average Bonchev–Trinajstić information content (AvgIpc) is 3.14. The number of benzene rings is 1. The number of piperidine rings is 1. The number of anilines is 3. The summed E-state index contributed by atoms with van der Waals surface area (Å²) >= 11 is 1.35. The van der Waals surface area contributed by atoms with Gasteiger partial charge in [0.2, 0.25) is 5.95 Å². The van der Waals surface area contributed by atoms with Gasteiger partial charge in [-0.2, -0.15) is 4.98 Å². The fraction of sp³-hybridized carbons (Fsp3) is 0.524. The summed E-state index contributed by atoms with van der Waals surface area (Å²) in [5.41, 5.74) is 14.3. The molecule has 2 aromatic rings. The Morgan fingerprint density at radius 3 is 2.46 bits per heavy atom. The van der Waals surface area contributed by atoms with Crippen molar-refractivity contribution in [1.82, 2.24) is 9.55 Å². The van der Waals surface area contributed by atoms with Crippen molar-refractivity contribution in [3.8, 4) is 0 Å². The van der Waals surface area contributed by atoms with E-state index in [4.69, 9.17) is 11.5 Å². The van der Waals surface area contributed by atoms with E-state index in [1.54, 1.807) is 11.6 Å². The Balaban J connectivity index is 1.60. The molecule has 1 aromatic heterocycles. The minimum absolute atomic E-state index is 0.101. The van der Waals surface area contributed by atoms with Gasteiger partial charge in [0.1, 0.15) is 10.7 Å². The van der Waals surface area contributed by atoms with Crippen molar-refractivity contribution < 1.29 is 0 Å². The van der Waals surface area contributed by atoms with Crippen LogP contribution in [0.5, 0.6) is 0 Å². The summed E-state index contributed by atoms with van der Waals surface area (Å²) in [4.78, 5) is 21.3. The second kappa shape index (κ2) is 7.35. The van der Waals surface area contributed by atoms with Crippen molar-refractivity contribution in [3.63, 3.8) is 0 Å². The molecule has 1 aliphatic carbocycles. The van der Waals surface area contributed by atoms with Crippen molar-refractivity contribution in [1.29, 1.82) is 0 Å². The van der Waals surface area contributed by atoms with Gasteiger partial charge < -0.3 is 16.4 Å². The molecule has 28 heavy (non-hydrogen) atoms. The maximum absolute atomic E-state index is 13.1. The lowest BCUT2D eigenvalue weighted by molar-refractivity contribution is 0.225. The summed E-state index contributed by atoms with van der Waals surface area (Å²) in [5, 5.41) is 0. The van der Waals surface area contributed by atoms with Gasteiger partial charge in [-0.05, 0) is 55.7 Å². The number of nitrogen functional groups attached to an aromatic ring is 2. The molecule has 1 saturated heterocycles. The smallest absolute Gasteiger partial charge is 0.270 e. The predicted molar refractivity (Wildman–Crippen MR) is 116 cm³/mol. The highest BCUT2D eigenvalue weighted by molar-refractivity contribution is 7.99. The van der Waals surface area contributed by atoms with E-state index >= 15 is 0 Å². The molecule has 0 atom stereocenters. The Morgan fingerprint density at radius 1 is 1.11 bits per heavy atom. The molecule has 2 heterocycles. The molecule has 2 fully saturated rings. The monoisotopic (exact) mass is 399 g/mol. The quantitative estimate of drug-likeness (QED) is 0.767. The average molecular weight is 400 g/mol. The minimum atomic E-state index is -0.101. The number of hydrogen-bond donors (Lipinski definition) is 2. The van der Waals surface area contributed by atoms with Crippen molar-refractivity contribution in [2.24, 2.45) is 12.5 Å². The van der Waals surface area contributed by atoms with Crippen LogP contribution in [0, 0.1) is 12.3 Å². The van der Waals surface area contributed by atoms with Crippen molar-refractivity contribution in [2.75, 3.05) is 29.5 Å². The molecule has 0 unspecified atom stereocenters. The van der Waals surface area contributed by atoms with Crippen LogP contribution in [0.4, 0.5) is 17.5 Å². The molecule has 0 amide bonds. The van der Waals surface area contributed by atoms with E-state index in [1.807, 2.05) is 25.1 Å². The Morgan fingerprint density at radius 2 is 1.79 bits per heavy atom. The molecule has 1 aromatic carbocycles. The second-order valence-corrected chi connectivity index (χ2v) is 9.31. The molecule has 4 N–H and O–H groups in total. The first-order chi connectivity index (χ1) is 13.4. The number of nitrogens with zero attached hydrogens (tertiary/aromatic N) is 3. The van der Waals surface area contributed by atoms with E-state index in [9.17, 15) is 4.79 Å². The third-order valence-corrected chi connectivity index (χ3v) is 7.81. The van der Waals surface area contributed by atoms with Crippen LogP contribution in [-0.2, 0) is 7.05 Å². The van der Waals surface area contributed by atoms with E-state index in [-0.39, 0.29) is 5.56 Å². The predicted octanol–water partition coefficient (Wildman–Crippen LogP) is 3.56. The van der Waals surface area contributed by atoms with Gasteiger partial charge in [0, 0.05) is 30.7 Å². The van der Waals surface area contributed by atoms with Crippen LogP contribution in [0.15, 0.2) is 32.8 Å². The summed E-state index contributed by atoms with van der Waals surface area (Å²) in [7, 11) is 1.79. The molecular weight excluding hydrogens is 370 g/mol. The molecule has 7 heteroatoms. The number of aromatic nitrogens is 2. The van der Waals surface area contributed by atoms with Crippen molar-refractivity contribution in [2.45, 2.75) is 55.2 Å². The molecule has 1 spiro atoms. The Labute approximate surface area is 170 Å². The summed E-state index contributed by atoms with van der Waals surface area (Å²) in [6.07, 6.45) is 7.79. The molecule has 150 valence electrons. The highest BCUT2D eigenvalue weighted by Gasteiger charge is 2.37. The lowest BCUT2D eigenvalue weighted by atomic mass is 9.77. The topological polar surface area (TPSA) is 90.2 Å². The first-order valence-electron chi connectivity index (χ1n) is 10.0. The van der Waals surface area contributed by atoms with Crippen LogP contribution >= 0.6 is 11.8 Å². The van der Waals surface area contributed by atoms with Gasteiger partial charge >= 0.3 is 0 Å². The lowest BCUT2D eigenvalue weighted by Crippen LogP contribution is -2.42. The Kier molecular flexibility index (Phi) is 5.04. The molecule has 4 rings (SSSR count). The van der Waals surface area contributed by atoms with E-state index in [0.29, 0.717) is 27.8 Å². The highest BCUT2D eigenvalue weighted by atomic mass is 32.2. The fourth-order valence-electron chi connectivity index (χ4n) is 4.62. The normalized spacial score (nSPS) is 18.7. The summed E-state index contributed by atoms with van der Waals surface area (Å²) in [5.74, 6) is 0.982. The number of rotatable bonds is 3. The van der Waals surface area contributed by atoms with E-state index < -0.39 is 0 Å². The molecule has 6 nitrogen and oxygen atoms in total. The van der Waals surface area contributed by atoms with Crippen LogP contribution in [0.25, 0.3) is 0 Å². The standard InChI is InChI=1S/C21H29N5OS/c1-14-15(22)6-5-7-16(14)28-17-18(23)24-20(25(2)19(17)27)26-12-10-21(11-13-26)8-3-4-9-21/h5-7H,3-4,8-13,22-23H2,1-2H3. The van der Waals surface area contributed by atoms with Crippen molar-refractivity contribution >= 4 is 29.2 Å². The Hall–Kier alpha value is -2.15. The van der Waals surface area contributed by atoms with Crippen LogP contribution in [0.3, 0.4) is 0 Å². The summed E-state index contributed by atoms with van der Waals surface area (Å²) < 4.78 is 1.65. The molecule has 2 aliphatic rings. The van der Waals surface area contributed by atoms with E-state index in [0.717, 1.165) is 23.5 Å². The fourth-order valence-corrected chi connectivity index (χ4v) is 5.63. The Bertz CT molecular complexity index is 939. The molecule has 0 bridgehead atoms. The van der Waals surface area contributed by atoms with E-state index in [1.165, 1.54) is 50.3 Å². The molecule has 0 radical (unpaired) electrons. The van der Waals surface area contributed by atoms with Crippen LogP contribution < -0.4 is 21.9 Å². The van der Waals surface area contributed by atoms with Gasteiger partial charge in [0.05, 0.1) is 0 Å². The third-order valence-electron chi connectivity index (χ3n) is 6.56. The maximum atomic E-state index is 13.1. The SMILES string of the molecule is Cc1c(N)cccc1Sc1c(N)nc(N2CCC3(CCCC3)CC2)n(C)c1=O. The molecular formula is C21H29N5OS. The molecule has 1 saturated carbocycles. The van der Waals surface area contributed by atoms with Gasteiger partial charge in [-0.25, -0.2) is 0 Å². The molecule has 1 aliphatic heterocycles. The lowest BCUT2D eigenvalue weighted by Gasteiger charge is -2.40. The zero-order chi connectivity index (χ0) is 19.9. The largest absolute Gasteiger partial charge is 0.398 e. The summed E-state index contributed by atoms with van der Waals surface area (Å²) in [6.45, 7) is 3.84. The zero-order valence-corrected chi connectivity index (χ0v) is 17.5. The first-order valence-corrected chi connectivity index (χ1v) is 10.9. The first kappa shape index (κ1) is 19.2. The van der Waals surface area contributed by atoms with Crippen molar-refractivity contribution in [3.05, 3.63) is 34.1 Å².